The summed E-state index contributed by atoms with van der Waals surface area (Å²) in [6.45, 7) is 0.387. The number of benzene rings is 1. The minimum atomic E-state index is 0.387. The molecule has 18 heavy (non-hydrogen) atoms. The summed E-state index contributed by atoms with van der Waals surface area (Å²) in [5.74, 6) is 0.749. The summed E-state index contributed by atoms with van der Waals surface area (Å²) in [5, 5.41) is 12.5. The summed E-state index contributed by atoms with van der Waals surface area (Å²) in [5.41, 5.74) is 0. The van der Waals surface area contributed by atoms with Crippen molar-refractivity contribution in [2.75, 3.05) is 12.4 Å². The lowest BCUT2D eigenvalue weighted by atomic mass is 10.3. The van der Waals surface area contributed by atoms with Crippen molar-refractivity contribution in [3.8, 4) is 5.75 Å². The molecule has 0 radical (unpaired) electrons. The smallest absolute Gasteiger partial charge is 0.205 e. The minimum Gasteiger partial charge on any atom is -0.484 e. The van der Waals surface area contributed by atoms with Gasteiger partial charge in [-0.15, -0.1) is 10.2 Å². The SMILES string of the molecule is CNc1nnc(COc2c(Br)cc(Br)cc2Br)s1. The van der Waals surface area contributed by atoms with Crippen LogP contribution in [0.2, 0.25) is 0 Å². The predicted molar refractivity (Wildman–Crippen MR) is 83.3 cm³/mol. The summed E-state index contributed by atoms with van der Waals surface area (Å²) in [4.78, 5) is 0. The third-order valence-corrected chi connectivity index (χ3v) is 4.53. The Morgan fingerprint density at radius 2 is 1.89 bits per heavy atom. The molecule has 2 aromatic rings. The van der Waals surface area contributed by atoms with Crippen molar-refractivity contribution in [1.82, 2.24) is 10.2 Å². The minimum absolute atomic E-state index is 0.387. The molecule has 8 heteroatoms. The van der Waals surface area contributed by atoms with Crippen molar-refractivity contribution in [2.24, 2.45) is 0 Å². The first-order chi connectivity index (χ1) is 8.60. The summed E-state index contributed by atoms with van der Waals surface area (Å²) in [6, 6.07) is 3.86. The van der Waals surface area contributed by atoms with Crippen LogP contribution in [0.3, 0.4) is 0 Å². The lowest BCUT2D eigenvalue weighted by Crippen LogP contribution is -1.96. The van der Waals surface area contributed by atoms with Crippen LogP contribution in [0, 0.1) is 0 Å². The van der Waals surface area contributed by atoms with Crippen LogP contribution in [-0.4, -0.2) is 17.2 Å². The standard InChI is InChI=1S/C10H8Br3N3OS/c1-14-10-16-15-8(18-10)4-17-9-6(12)2-5(11)3-7(9)13/h2-3H,4H2,1H3,(H,14,16). The van der Waals surface area contributed by atoms with Gasteiger partial charge in [-0.3, -0.25) is 0 Å². The molecule has 0 amide bonds. The Labute approximate surface area is 134 Å². The highest BCUT2D eigenvalue weighted by Crippen LogP contribution is 2.37. The van der Waals surface area contributed by atoms with Crippen molar-refractivity contribution in [3.05, 3.63) is 30.6 Å². The third kappa shape index (κ3) is 3.43. The number of rotatable bonds is 4. The lowest BCUT2D eigenvalue weighted by molar-refractivity contribution is 0.300. The lowest BCUT2D eigenvalue weighted by Gasteiger charge is -2.09. The van der Waals surface area contributed by atoms with E-state index in [4.69, 9.17) is 4.74 Å². The second-order valence-corrected chi connectivity index (χ2v) is 6.92. The van der Waals surface area contributed by atoms with E-state index in [2.05, 4.69) is 63.3 Å². The van der Waals surface area contributed by atoms with Crippen LogP contribution in [0.4, 0.5) is 5.13 Å². The van der Waals surface area contributed by atoms with Gasteiger partial charge in [-0.05, 0) is 44.0 Å². The quantitative estimate of drug-likeness (QED) is 0.737. The molecule has 1 heterocycles. The van der Waals surface area contributed by atoms with Gasteiger partial charge < -0.3 is 10.1 Å². The zero-order chi connectivity index (χ0) is 13.1. The van der Waals surface area contributed by atoms with Gasteiger partial charge in [-0.1, -0.05) is 27.3 Å². The number of halogens is 3. The van der Waals surface area contributed by atoms with Crippen LogP contribution >= 0.6 is 59.1 Å². The molecule has 96 valence electrons. The van der Waals surface area contributed by atoms with Gasteiger partial charge >= 0.3 is 0 Å². The monoisotopic (exact) mass is 455 g/mol. The molecule has 0 aliphatic rings. The van der Waals surface area contributed by atoms with Gasteiger partial charge in [0.15, 0.2) is 5.01 Å². The van der Waals surface area contributed by atoms with Gasteiger partial charge in [-0.2, -0.15) is 0 Å². The Morgan fingerprint density at radius 3 is 2.44 bits per heavy atom. The molecule has 0 aliphatic carbocycles. The van der Waals surface area contributed by atoms with E-state index in [1.165, 1.54) is 11.3 Å². The Balaban J connectivity index is 2.10. The molecule has 0 aliphatic heterocycles. The van der Waals surface area contributed by atoms with Gasteiger partial charge in [0.05, 0.1) is 8.95 Å². The third-order valence-electron chi connectivity index (χ3n) is 1.98. The average Bonchev–Trinajstić information content (AvgIpc) is 2.75. The first-order valence-corrected chi connectivity index (χ1v) is 8.07. The van der Waals surface area contributed by atoms with Crippen molar-refractivity contribution in [3.63, 3.8) is 0 Å². The predicted octanol–water partition coefficient (Wildman–Crippen LogP) is 4.45. The highest BCUT2D eigenvalue weighted by Gasteiger charge is 2.10. The number of nitrogens with zero attached hydrogens (tertiary/aromatic N) is 2. The molecule has 0 saturated carbocycles. The maximum absolute atomic E-state index is 5.73. The van der Waals surface area contributed by atoms with Gasteiger partial charge in [0.25, 0.3) is 0 Å². The Morgan fingerprint density at radius 1 is 1.22 bits per heavy atom. The van der Waals surface area contributed by atoms with Gasteiger partial charge in [-0.25, -0.2) is 0 Å². The molecule has 0 fully saturated rings. The van der Waals surface area contributed by atoms with Crippen molar-refractivity contribution >= 4 is 64.3 Å². The highest BCUT2D eigenvalue weighted by molar-refractivity contribution is 9.11. The fourth-order valence-electron chi connectivity index (χ4n) is 1.21. The number of aromatic nitrogens is 2. The normalized spacial score (nSPS) is 10.4. The highest BCUT2D eigenvalue weighted by atomic mass is 79.9. The van der Waals surface area contributed by atoms with E-state index in [0.717, 1.165) is 29.3 Å². The molecular weight excluding hydrogens is 450 g/mol. The number of anilines is 1. The Bertz CT molecular complexity index is 538. The Kier molecular flexibility index (Phi) is 4.99. The number of ether oxygens (including phenoxy) is 1. The van der Waals surface area contributed by atoms with E-state index in [1.54, 1.807) is 0 Å². The maximum Gasteiger partial charge on any atom is 0.205 e. The first-order valence-electron chi connectivity index (χ1n) is 4.87. The molecule has 1 aromatic carbocycles. The van der Waals surface area contributed by atoms with E-state index in [9.17, 15) is 0 Å². The van der Waals surface area contributed by atoms with Crippen LogP contribution in [0.25, 0.3) is 0 Å². The molecule has 0 spiro atoms. The molecule has 0 saturated heterocycles. The van der Waals surface area contributed by atoms with Gasteiger partial charge in [0, 0.05) is 11.5 Å². The number of nitrogens with one attached hydrogen (secondary N) is 1. The number of hydrogen-bond donors (Lipinski definition) is 1. The van der Waals surface area contributed by atoms with E-state index in [-0.39, 0.29) is 0 Å². The fourth-order valence-corrected chi connectivity index (χ4v) is 4.31. The van der Waals surface area contributed by atoms with E-state index < -0.39 is 0 Å². The van der Waals surface area contributed by atoms with Crippen LogP contribution in [0.15, 0.2) is 25.6 Å². The molecule has 0 unspecified atom stereocenters. The molecular formula is C10H8Br3N3OS. The van der Waals surface area contributed by atoms with E-state index in [1.807, 2.05) is 19.2 Å². The molecule has 1 N–H and O–H groups in total. The summed E-state index contributed by atoms with van der Waals surface area (Å²) in [6.07, 6.45) is 0. The van der Waals surface area contributed by atoms with Gasteiger partial charge in [0.1, 0.15) is 12.4 Å². The molecule has 1 aromatic heterocycles. The topological polar surface area (TPSA) is 47.0 Å². The van der Waals surface area contributed by atoms with Crippen molar-refractivity contribution in [1.29, 1.82) is 0 Å². The van der Waals surface area contributed by atoms with Crippen LogP contribution in [0.5, 0.6) is 5.75 Å². The van der Waals surface area contributed by atoms with E-state index >= 15 is 0 Å². The maximum atomic E-state index is 5.73. The summed E-state index contributed by atoms with van der Waals surface area (Å²) >= 11 is 11.8. The molecule has 2 rings (SSSR count). The zero-order valence-corrected chi connectivity index (χ0v) is 14.8. The van der Waals surface area contributed by atoms with Gasteiger partial charge in [0.2, 0.25) is 5.13 Å². The summed E-state index contributed by atoms with van der Waals surface area (Å²) in [7, 11) is 1.81. The molecule has 0 bridgehead atoms. The van der Waals surface area contributed by atoms with Crippen LogP contribution in [-0.2, 0) is 6.61 Å². The Hall–Kier alpha value is -0.180. The molecule has 4 nitrogen and oxygen atoms in total. The molecule has 0 atom stereocenters. The second-order valence-electron chi connectivity index (χ2n) is 3.24. The summed E-state index contributed by atoms with van der Waals surface area (Å²) < 4.78 is 8.46. The largest absolute Gasteiger partial charge is 0.484 e. The van der Waals surface area contributed by atoms with Crippen molar-refractivity contribution < 1.29 is 4.74 Å². The fraction of sp³-hybridized carbons (Fsp3) is 0.200. The zero-order valence-electron chi connectivity index (χ0n) is 9.21. The first kappa shape index (κ1) is 14.2. The van der Waals surface area contributed by atoms with Crippen LogP contribution in [0.1, 0.15) is 5.01 Å². The second kappa shape index (κ2) is 6.31. The van der Waals surface area contributed by atoms with E-state index in [0.29, 0.717) is 6.61 Å². The van der Waals surface area contributed by atoms with Crippen molar-refractivity contribution in [2.45, 2.75) is 6.61 Å². The average molecular weight is 458 g/mol. The number of hydrogen-bond acceptors (Lipinski definition) is 5. The van der Waals surface area contributed by atoms with Crippen LogP contribution < -0.4 is 10.1 Å².